The van der Waals surface area contributed by atoms with E-state index in [9.17, 15) is 8.78 Å². The number of halogens is 2. The Labute approximate surface area is 85.5 Å². The Kier molecular flexibility index (Phi) is 4.31. The average molecular weight is 219 g/mol. The molecule has 0 aliphatic rings. The number of hydrogen-bond acceptors (Lipinski definition) is 3. The first-order valence-corrected chi connectivity index (χ1v) is 4.89. The summed E-state index contributed by atoms with van der Waals surface area (Å²) in [5.74, 6) is -2.39. The molecule has 0 aliphatic heterocycles. The molecule has 1 aromatic carbocycles. The summed E-state index contributed by atoms with van der Waals surface area (Å²) in [6, 6.07) is 6.68. The van der Waals surface area contributed by atoms with E-state index in [1.54, 1.807) is 24.3 Å². The summed E-state index contributed by atoms with van der Waals surface area (Å²) in [6.45, 7) is 0.389. The predicted octanol–water partition coefficient (Wildman–Crippen LogP) is 2.82. The smallest absolute Gasteiger partial charge is 0.288 e. The predicted molar refractivity (Wildman–Crippen MR) is 51.6 cm³/mol. The van der Waals surface area contributed by atoms with Gasteiger partial charge in [0, 0.05) is 18.5 Å². The van der Waals surface area contributed by atoms with Crippen LogP contribution < -0.4 is 0 Å². The van der Waals surface area contributed by atoms with Crippen molar-refractivity contribution in [2.75, 3.05) is 7.05 Å². The van der Waals surface area contributed by atoms with Gasteiger partial charge in [0.15, 0.2) is 0 Å². The van der Waals surface area contributed by atoms with Gasteiger partial charge in [-0.05, 0) is 17.7 Å². The first-order valence-electron chi connectivity index (χ1n) is 4.01. The first kappa shape index (κ1) is 11.4. The van der Waals surface area contributed by atoms with Gasteiger partial charge in [-0.15, -0.1) is 0 Å². The fourth-order valence-corrected chi connectivity index (χ4v) is 1.54. The zero-order valence-electron chi connectivity index (χ0n) is 7.65. The minimum atomic E-state index is -2.39. The van der Waals surface area contributed by atoms with Crippen LogP contribution in [0.25, 0.3) is 0 Å². The van der Waals surface area contributed by atoms with E-state index in [1.165, 1.54) is 7.05 Å². The third kappa shape index (κ3) is 4.04. The van der Waals surface area contributed by atoms with Crippen LogP contribution in [0.3, 0.4) is 0 Å². The van der Waals surface area contributed by atoms with Gasteiger partial charge in [-0.2, -0.15) is 13.8 Å². The highest BCUT2D eigenvalue weighted by Gasteiger charge is 2.04. The van der Waals surface area contributed by atoms with Gasteiger partial charge in [0.2, 0.25) is 0 Å². The maximum atomic E-state index is 11.9. The maximum absolute atomic E-state index is 11.9. The van der Waals surface area contributed by atoms with E-state index < -0.39 is 5.76 Å². The quantitative estimate of drug-likeness (QED) is 0.622. The summed E-state index contributed by atoms with van der Waals surface area (Å²) >= 11 is 0.517. The number of hydroxylamine groups is 2. The van der Waals surface area contributed by atoms with Gasteiger partial charge in [0.05, 0.1) is 0 Å². The Hall–Kier alpha value is -0.650. The minimum absolute atomic E-state index is 0.389. The van der Waals surface area contributed by atoms with E-state index in [1.807, 2.05) is 0 Å². The fraction of sp³-hybridized carbons (Fsp3) is 0.333. The maximum Gasteiger partial charge on any atom is 0.288 e. The lowest BCUT2D eigenvalue weighted by Gasteiger charge is -2.08. The SMILES string of the molecule is CN(O)Cc1ccc(SC(F)F)cc1. The molecule has 1 aromatic rings. The Morgan fingerprint density at radius 3 is 2.36 bits per heavy atom. The van der Waals surface area contributed by atoms with Crippen molar-refractivity contribution in [2.45, 2.75) is 17.2 Å². The monoisotopic (exact) mass is 219 g/mol. The van der Waals surface area contributed by atoms with Gasteiger partial charge < -0.3 is 5.21 Å². The molecule has 14 heavy (non-hydrogen) atoms. The van der Waals surface area contributed by atoms with E-state index in [-0.39, 0.29) is 0 Å². The summed E-state index contributed by atoms with van der Waals surface area (Å²) < 4.78 is 23.9. The number of hydrogen-bond donors (Lipinski definition) is 1. The van der Waals surface area contributed by atoms with Crippen LogP contribution >= 0.6 is 11.8 Å². The topological polar surface area (TPSA) is 23.5 Å². The molecular formula is C9H11F2NOS. The molecule has 0 saturated carbocycles. The van der Waals surface area contributed by atoms with Crippen molar-refractivity contribution in [1.29, 1.82) is 0 Å². The third-order valence-corrected chi connectivity index (χ3v) is 2.28. The van der Waals surface area contributed by atoms with Gasteiger partial charge >= 0.3 is 0 Å². The van der Waals surface area contributed by atoms with Gasteiger partial charge in [0.25, 0.3) is 5.76 Å². The van der Waals surface area contributed by atoms with Crippen LogP contribution in [0, 0.1) is 0 Å². The van der Waals surface area contributed by atoms with Crippen LogP contribution in [0.2, 0.25) is 0 Å². The average Bonchev–Trinajstić information content (AvgIpc) is 2.06. The lowest BCUT2D eigenvalue weighted by Crippen LogP contribution is -2.11. The molecule has 0 heterocycles. The van der Waals surface area contributed by atoms with Crippen LogP contribution in [0.5, 0.6) is 0 Å². The second-order valence-corrected chi connectivity index (χ2v) is 3.90. The van der Waals surface area contributed by atoms with E-state index in [4.69, 9.17) is 5.21 Å². The molecular weight excluding hydrogens is 208 g/mol. The third-order valence-electron chi connectivity index (χ3n) is 1.56. The van der Waals surface area contributed by atoms with Crippen molar-refractivity contribution in [2.24, 2.45) is 0 Å². The molecule has 0 radical (unpaired) electrons. The van der Waals surface area contributed by atoms with Crippen LogP contribution in [0.4, 0.5) is 8.78 Å². The number of rotatable bonds is 4. The number of nitrogens with zero attached hydrogens (tertiary/aromatic N) is 1. The van der Waals surface area contributed by atoms with Crippen LogP contribution in [-0.2, 0) is 6.54 Å². The molecule has 0 atom stereocenters. The highest BCUT2D eigenvalue weighted by atomic mass is 32.2. The lowest BCUT2D eigenvalue weighted by atomic mass is 10.2. The number of benzene rings is 1. The molecule has 0 saturated heterocycles. The Morgan fingerprint density at radius 1 is 1.36 bits per heavy atom. The van der Waals surface area contributed by atoms with Crippen LogP contribution in [-0.4, -0.2) is 23.1 Å². The zero-order valence-corrected chi connectivity index (χ0v) is 8.47. The summed E-state index contributed by atoms with van der Waals surface area (Å²) in [5.41, 5.74) is 0.883. The second-order valence-electron chi connectivity index (χ2n) is 2.84. The molecule has 0 amide bonds. The first-order chi connectivity index (χ1) is 6.58. The molecule has 0 spiro atoms. The molecule has 78 valence electrons. The van der Waals surface area contributed by atoms with Gasteiger partial charge in [-0.3, -0.25) is 0 Å². The summed E-state index contributed by atoms with van der Waals surface area (Å²) in [7, 11) is 1.53. The van der Waals surface area contributed by atoms with Crippen LogP contribution in [0.1, 0.15) is 5.56 Å². The van der Waals surface area contributed by atoms with Gasteiger partial charge in [-0.1, -0.05) is 23.9 Å². The van der Waals surface area contributed by atoms with Crippen molar-refractivity contribution >= 4 is 11.8 Å². The van der Waals surface area contributed by atoms with Gasteiger partial charge in [-0.25, -0.2) is 0 Å². The summed E-state index contributed by atoms with van der Waals surface area (Å²) in [4.78, 5) is 0.532. The summed E-state index contributed by atoms with van der Waals surface area (Å²) in [6.07, 6.45) is 0. The minimum Gasteiger partial charge on any atom is -0.314 e. The molecule has 0 aromatic heterocycles. The highest BCUT2D eigenvalue weighted by Crippen LogP contribution is 2.25. The summed E-state index contributed by atoms with van der Waals surface area (Å²) in [5, 5.41) is 9.97. The number of thioether (sulfide) groups is 1. The van der Waals surface area contributed by atoms with Crippen molar-refractivity contribution in [3.05, 3.63) is 29.8 Å². The Bertz CT molecular complexity index is 248. The van der Waals surface area contributed by atoms with Crippen molar-refractivity contribution in [1.82, 2.24) is 5.06 Å². The van der Waals surface area contributed by atoms with E-state index in [0.29, 0.717) is 23.2 Å². The molecule has 0 fully saturated rings. The van der Waals surface area contributed by atoms with Crippen molar-refractivity contribution in [3.8, 4) is 0 Å². The number of alkyl halides is 2. The normalized spacial score (nSPS) is 11.3. The van der Waals surface area contributed by atoms with E-state index in [0.717, 1.165) is 10.6 Å². The van der Waals surface area contributed by atoms with E-state index in [2.05, 4.69) is 0 Å². The molecule has 0 aliphatic carbocycles. The molecule has 0 unspecified atom stereocenters. The lowest BCUT2D eigenvalue weighted by molar-refractivity contribution is -0.0731. The second kappa shape index (κ2) is 5.29. The Morgan fingerprint density at radius 2 is 1.93 bits per heavy atom. The highest BCUT2D eigenvalue weighted by molar-refractivity contribution is 7.99. The van der Waals surface area contributed by atoms with E-state index >= 15 is 0 Å². The van der Waals surface area contributed by atoms with Crippen LogP contribution in [0.15, 0.2) is 29.2 Å². The fourth-order valence-electron chi connectivity index (χ4n) is 1.04. The molecule has 1 N–H and O–H groups in total. The van der Waals surface area contributed by atoms with Gasteiger partial charge in [0.1, 0.15) is 0 Å². The van der Waals surface area contributed by atoms with Crippen molar-refractivity contribution in [3.63, 3.8) is 0 Å². The molecule has 5 heteroatoms. The Balaban J connectivity index is 2.59. The molecule has 2 nitrogen and oxygen atoms in total. The molecule has 1 rings (SSSR count). The standard InChI is InChI=1S/C9H11F2NOS/c1-12(13)6-7-2-4-8(5-3-7)14-9(10)11/h2-5,9,13H,6H2,1H3. The molecule has 0 bridgehead atoms. The largest absolute Gasteiger partial charge is 0.314 e. The van der Waals surface area contributed by atoms with Crippen molar-refractivity contribution < 1.29 is 14.0 Å². The zero-order chi connectivity index (χ0) is 10.6.